The standard InChI is InChI=1S/C17H14ClNO/c1-11-9-13(7-8-15(11)18)20-17-10-12(2)19-16-6-4-3-5-14(16)17/h3-10H,1-2H3. The Morgan fingerprint density at radius 1 is 1.00 bits per heavy atom. The number of fused-ring (bicyclic) bond motifs is 1. The molecule has 1 heterocycles. The predicted octanol–water partition coefficient (Wildman–Crippen LogP) is 5.30. The Bertz CT molecular complexity index is 783. The Kier molecular flexibility index (Phi) is 3.33. The molecule has 0 fully saturated rings. The van der Waals surface area contributed by atoms with Crippen LogP contribution >= 0.6 is 11.6 Å². The molecule has 20 heavy (non-hydrogen) atoms. The van der Waals surface area contributed by atoms with Crippen molar-refractivity contribution in [2.75, 3.05) is 0 Å². The lowest BCUT2D eigenvalue weighted by Crippen LogP contribution is -1.91. The molecule has 1 aromatic heterocycles. The van der Waals surface area contributed by atoms with Crippen LogP contribution in [0.25, 0.3) is 10.9 Å². The first-order chi connectivity index (χ1) is 9.63. The maximum absolute atomic E-state index is 6.04. The quantitative estimate of drug-likeness (QED) is 0.637. The molecule has 3 aromatic rings. The molecule has 3 rings (SSSR count). The summed E-state index contributed by atoms with van der Waals surface area (Å²) < 4.78 is 6.01. The monoisotopic (exact) mass is 283 g/mol. The topological polar surface area (TPSA) is 22.1 Å². The van der Waals surface area contributed by atoms with Gasteiger partial charge in [0.1, 0.15) is 11.5 Å². The Balaban J connectivity index is 2.07. The van der Waals surface area contributed by atoms with Crippen LogP contribution in [0.5, 0.6) is 11.5 Å². The van der Waals surface area contributed by atoms with E-state index in [0.29, 0.717) is 0 Å². The highest BCUT2D eigenvalue weighted by Crippen LogP contribution is 2.31. The van der Waals surface area contributed by atoms with Crippen molar-refractivity contribution in [2.45, 2.75) is 13.8 Å². The number of benzene rings is 2. The van der Waals surface area contributed by atoms with E-state index in [-0.39, 0.29) is 0 Å². The molecule has 0 saturated carbocycles. The van der Waals surface area contributed by atoms with Gasteiger partial charge in [0.15, 0.2) is 0 Å². The van der Waals surface area contributed by atoms with Gasteiger partial charge < -0.3 is 4.74 Å². The van der Waals surface area contributed by atoms with Crippen LogP contribution in [-0.2, 0) is 0 Å². The number of para-hydroxylation sites is 1. The third-order valence-corrected chi connectivity index (χ3v) is 3.59. The van der Waals surface area contributed by atoms with E-state index in [1.807, 2.05) is 62.4 Å². The Labute approximate surface area is 123 Å². The zero-order valence-electron chi connectivity index (χ0n) is 11.4. The largest absolute Gasteiger partial charge is 0.457 e. The molecular weight excluding hydrogens is 270 g/mol. The van der Waals surface area contributed by atoms with Crippen molar-refractivity contribution >= 4 is 22.5 Å². The van der Waals surface area contributed by atoms with Crippen LogP contribution in [0.1, 0.15) is 11.3 Å². The zero-order valence-corrected chi connectivity index (χ0v) is 12.1. The number of hydrogen-bond acceptors (Lipinski definition) is 2. The molecule has 0 aliphatic carbocycles. The van der Waals surface area contributed by atoms with Crippen LogP contribution in [0.2, 0.25) is 5.02 Å². The van der Waals surface area contributed by atoms with Crippen molar-refractivity contribution < 1.29 is 4.74 Å². The lowest BCUT2D eigenvalue weighted by atomic mass is 10.2. The molecule has 0 aliphatic rings. The lowest BCUT2D eigenvalue weighted by Gasteiger charge is -2.10. The highest BCUT2D eigenvalue weighted by Gasteiger charge is 2.06. The van der Waals surface area contributed by atoms with Gasteiger partial charge in [0.2, 0.25) is 0 Å². The van der Waals surface area contributed by atoms with Crippen LogP contribution in [0.4, 0.5) is 0 Å². The van der Waals surface area contributed by atoms with Crippen LogP contribution in [0.3, 0.4) is 0 Å². The fourth-order valence-corrected chi connectivity index (χ4v) is 2.28. The molecule has 0 spiro atoms. The van der Waals surface area contributed by atoms with Gasteiger partial charge in [-0.1, -0.05) is 23.7 Å². The number of rotatable bonds is 2. The van der Waals surface area contributed by atoms with E-state index in [1.165, 1.54) is 0 Å². The average Bonchev–Trinajstić information content (AvgIpc) is 2.43. The number of aryl methyl sites for hydroxylation is 2. The fourth-order valence-electron chi connectivity index (χ4n) is 2.16. The second-order valence-electron chi connectivity index (χ2n) is 4.79. The second-order valence-corrected chi connectivity index (χ2v) is 5.20. The number of hydrogen-bond donors (Lipinski definition) is 0. The minimum atomic E-state index is 0.744. The first-order valence-electron chi connectivity index (χ1n) is 6.44. The SMILES string of the molecule is Cc1cc(Oc2ccc(Cl)c(C)c2)c2ccccc2n1. The molecule has 0 bridgehead atoms. The van der Waals surface area contributed by atoms with Gasteiger partial charge in [-0.15, -0.1) is 0 Å². The third kappa shape index (κ3) is 2.47. The number of halogens is 1. The molecule has 0 N–H and O–H groups in total. The first-order valence-corrected chi connectivity index (χ1v) is 6.82. The molecule has 3 heteroatoms. The van der Waals surface area contributed by atoms with Crippen LogP contribution in [0.15, 0.2) is 48.5 Å². The van der Waals surface area contributed by atoms with Gasteiger partial charge in [-0.05, 0) is 49.7 Å². The summed E-state index contributed by atoms with van der Waals surface area (Å²) in [4.78, 5) is 4.51. The minimum absolute atomic E-state index is 0.744. The van der Waals surface area contributed by atoms with Crippen molar-refractivity contribution in [2.24, 2.45) is 0 Å². The van der Waals surface area contributed by atoms with Gasteiger partial charge in [0, 0.05) is 22.2 Å². The van der Waals surface area contributed by atoms with Crippen molar-refractivity contribution in [3.63, 3.8) is 0 Å². The minimum Gasteiger partial charge on any atom is -0.457 e. The number of pyridine rings is 1. The predicted molar refractivity (Wildman–Crippen MR) is 82.7 cm³/mol. The van der Waals surface area contributed by atoms with Crippen molar-refractivity contribution in [1.82, 2.24) is 4.98 Å². The van der Waals surface area contributed by atoms with E-state index in [0.717, 1.165) is 38.7 Å². The fraction of sp³-hybridized carbons (Fsp3) is 0.118. The molecule has 0 aliphatic heterocycles. The molecule has 2 nitrogen and oxygen atoms in total. The van der Waals surface area contributed by atoms with Crippen LogP contribution in [0, 0.1) is 13.8 Å². The first kappa shape index (κ1) is 12.9. The summed E-state index contributed by atoms with van der Waals surface area (Å²) >= 11 is 6.04. The molecule has 0 saturated heterocycles. The zero-order chi connectivity index (χ0) is 14.1. The molecule has 0 amide bonds. The second kappa shape index (κ2) is 5.14. The van der Waals surface area contributed by atoms with E-state index in [4.69, 9.17) is 16.3 Å². The number of aromatic nitrogens is 1. The summed E-state index contributed by atoms with van der Waals surface area (Å²) in [7, 11) is 0. The van der Waals surface area contributed by atoms with E-state index >= 15 is 0 Å². The molecule has 100 valence electrons. The van der Waals surface area contributed by atoms with Gasteiger partial charge in [-0.3, -0.25) is 4.98 Å². The molecular formula is C17H14ClNO. The van der Waals surface area contributed by atoms with Gasteiger partial charge in [0.05, 0.1) is 5.52 Å². The summed E-state index contributed by atoms with van der Waals surface area (Å²) in [5.74, 6) is 1.59. The van der Waals surface area contributed by atoms with E-state index < -0.39 is 0 Å². The summed E-state index contributed by atoms with van der Waals surface area (Å²) in [6.07, 6.45) is 0. The van der Waals surface area contributed by atoms with Crippen molar-refractivity contribution in [3.05, 3.63) is 64.8 Å². The molecule has 0 unspecified atom stereocenters. The van der Waals surface area contributed by atoms with Gasteiger partial charge in [0.25, 0.3) is 0 Å². The molecule has 0 radical (unpaired) electrons. The van der Waals surface area contributed by atoms with Crippen molar-refractivity contribution in [3.8, 4) is 11.5 Å². The lowest BCUT2D eigenvalue weighted by molar-refractivity contribution is 0.487. The summed E-state index contributed by atoms with van der Waals surface area (Å²) in [5.41, 5.74) is 2.87. The summed E-state index contributed by atoms with van der Waals surface area (Å²) in [6, 6.07) is 15.6. The number of ether oxygens (including phenoxy) is 1. The molecule has 0 atom stereocenters. The van der Waals surface area contributed by atoms with Crippen LogP contribution in [-0.4, -0.2) is 4.98 Å². The van der Waals surface area contributed by atoms with Gasteiger partial charge in [-0.25, -0.2) is 0 Å². The maximum atomic E-state index is 6.04. The Morgan fingerprint density at radius 2 is 1.80 bits per heavy atom. The normalized spacial score (nSPS) is 10.8. The highest BCUT2D eigenvalue weighted by atomic mass is 35.5. The summed E-state index contributed by atoms with van der Waals surface area (Å²) in [6.45, 7) is 3.93. The van der Waals surface area contributed by atoms with Gasteiger partial charge >= 0.3 is 0 Å². The average molecular weight is 284 g/mol. The highest BCUT2D eigenvalue weighted by molar-refractivity contribution is 6.31. The Hall–Kier alpha value is -2.06. The van der Waals surface area contributed by atoms with E-state index in [2.05, 4.69) is 4.98 Å². The van der Waals surface area contributed by atoms with Gasteiger partial charge in [-0.2, -0.15) is 0 Å². The van der Waals surface area contributed by atoms with Crippen molar-refractivity contribution in [1.29, 1.82) is 0 Å². The van der Waals surface area contributed by atoms with E-state index in [1.54, 1.807) is 0 Å². The Morgan fingerprint density at radius 3 is 2.60 bits per heavy atom. The molecule has 2 aromatic carbocycles. The van der Waals surface area contributed by atoms with Crippen LogP contribution < -0.4 is 4.74 Å². The maximum Gasteiger partial charge on any atom is 0.138 e. The van der Waals surface area contributed by atoms with E-state index in [9.17, 15) is 0 Å². The summed E-state index contributed by atoms with van der Waals surface area (Å²) in [5, 5.41) is 1.75. The third-order valence-electron chi connectivity index (χ3n) is 3.16. The smallest absolute Gasteiger partial charge is 0.138 e. The number of nitrogens with zero attached hydrogens (tertiary/aromatic N) is 1.